The van der Waals surface area contributed by atoms with E-state index in [1.165, 1.54) is 32.2 Å². The first-order valence-corrected chi connectivity index (χ1v) is 14.1. The Bertz CT molecular complexity index is 1430. The fraction of sp³-hybridized carbons (Fsp3) is 0.483. The van der Waals surface area contributed by atoms with Gasteiger partial charge in [-0.2, -0.15) is 0 Å². The predicted octanol–water partition coefficient (Wildman–Crippen LogP) is 1.74. The molecule has 0 aliphatic carbocycles. The number of aromatic nitrogens is 1. The number of hydrogen-bond acceptors (Lipinski definition) is 7. The lowest BCUT2D eigenvalue weighted by molar-refractivity contribution is -0.136. The summed E-state index contributed by atoms with van der Waals surface area (Å²) in [4.78, 5) is 56.7. The fourth-order valence-corrected chi connectivity index (χ4v) is 4.89. The minimum Gasteiger partial charge on any atom is -0.505 e. The van der Waals surface area contributed by atoms with E-state index in [4.69, 9.17) is 0 Å². The van der Waals surface area contributed by atoms with E-state index >= 15 is 0 Å². The SMILES string of the molecule is CC(C)CC1NC(=O)[C@H](C)[C@H](O)C(CCc2c(F)c(F)c(F)c(F)c2F)NC(=O)[C@@H](NC(=O)c2ncccc2O)[C@@H](C)NC1=O. The smallest absolute Gasteiger partial charge is 0.274 e. The first-order valence-electron chi connectivity index (χ1n) is 14.1. The van der Waals surface area contributed by atoms with Gasteiger partial charge in [-0.25, -0.2) is 26.9 Å². The number of aliphatic hydroxyl groups is 1. The second-order valence-corrected chi connectivity index (χ2v) is 11.3. The van der Waals surface area contributed by atoms with E-state index in [1.807, 2.05) is 0 Å². The molecule has 1 aliphatic rings. The van der Waals surface area contributed by atoms with Crippen LogP contribution in [0.1, 0.15) is 56.6 Å². The van der Waals surface area contributed by atoms with Crippen LogP contribution in [0.4, 0.5) is 22.0 Å². The first-order chi connectivity index (χ1) is 21.0. The molecule has 2 heterocycles. The Labute approximate surface area is 255 Å². The first kappa shape index (κ1) is 35.1. The molecule has 1 aromatic heterocycles. The molecule has 45 heavy (non-hydrogen) atoms. The van der Waals surface area contributed by atoms with Crippen LogP contribution in [0.3, 0.4) is 0 Å². The van der Waals surface area contributed by atoms with Gasteiger partial charge in [0.15, 0.2) is 29.0 Å². The van der Waals surface area contributed by atoms with E-state index in [0.717, 1.165) is 0 Å². The summed E-state index contributed by atoms with van der Waals surface area (Å²) >= 11 is 0. The van der Waals surface area contributed by atoms with Crippen LogP contribution < -0.4 is 21.3 Å². The molecule has 2 aromatic rings. The zero-order chi connectivity index (χ0) is 33.7. The minimum atomic E-state index is -2.36. The molecular formula is C29H34F5N5O6. The zero-order valence-corrected chi connectivity index (χ0v) is 24.8. The van der Waals surface area contributed by atoms with Crippen LogP contribution in [0.15, 0.2) is 18.3 Å². The van der Waals surface area contributed by atoms with Gasteiger partial charge in [-0.15, -0.1) is 0 Å². The number of aromatic hydroxyl groups is 1. The molecule has 1 aromatic carbocycles. The van der Waals surface area contributed by atoms with Crippen molar-refractivity contribution < 1.29 is 51.3 Å². The van der Waals surface area contributed by atoms with Crippen molar-refractivity contribution in [1.29, 1.82) is 0 Å². The van der Waals surface area contributed by atoms with E-state index in [2.05, 4.69) is 26.3 Å². The monoisotopic (exact) mass is 643 g/mol. The Balaban J connectivity index is 2.03. The van der Waals surface area contributed by atoms with Crippen molar-refractivity contribution in [3.8, 4) is 5.75 Å². The molecule has 1 saturated heterocycles. The van der Waals surface area contributed by atoms with Crippen molar-refractivity contribution in [3.05, 3.63) is 58.7 Å². The number of pyridine rings is 1. The van der Waals surface area contributed by atoms with E-state index in [-0.39, 0.29) is 12.3 Å². The molecule has 16 heteroatoms. The number of hydrogen-bond donors (Lipinski definition) is 6. The molecule has 0 bridgehead atoms. The van der Waals surface area contributed by atoms with Gasteiger partial charge < -0.3 is 31.5 Å². The summed E-state index contributed by atoms with van der Waals surface area (Å²) in [6.45, 7) is 6.16. The van der Waals surface area contributed by atoms with Crippen LogP contribution in [-0.2, 0) is 20.8 Å². The number of carbonyl (C=O) groups excluding carboxylic acids is 4. The Morgan fingerprint density at radius 3 is 2.11 bits per heavy atom. The molecular weight excluding hydrogens is 609 g/mol. The van der Waals surface area contributed by atoms with Gasteiger partial charge in [0.05, 0.1) is 24.1 Å². The lowest BCUT2D eigenvalue weighted by atomic mass is 9.90. The number of benzene rings is 1. The van der Waals surface area contributed by atoms with Gasteiger partial charge in [0.2, 0.25) is 23.5 Å². The van der Waals surface area contributed by atoms with Gasteiger partial charge in [0.25, 0.3) is 5.91 Å². The maximum Gasteiger partial charge on any atom is 0.274 e. The van der Waals surface area contributed by atoms with E-state index < -0.39 is 119 Å². The number of carbonyl (C=O) groups is 4. The molecule has 6 atom stereocenters. The topological polar surface area (TPSA) is 170 Å². The van der Waals surface area contributed by atoms with Gasteiger partial charge >= 0.3 is 0 Å². The molecule has 4 amide bonds. The summed E-state index contributed by atoms with van der Waals surface area (Å²) in [5.41, 5.74) is -1.67. The third-order valence-corrected chi connectivity index (χ3v) is 7.45. The van der Waals surface area contributed by atoms with Crippen molar-refractivity contribution in [1.82, 2.24) is 26.3 Å². The predicted molar refractivity (Wildman–Crippen MR) is 148 cm³/mol. The molecule has 246 valence electrons. The van der Waals surface area contributed by atoms with Gasteiger partial charge in [-0.1, -0.05) is 20.8 Å². The molecule has 0 radical (unpaired) electrons. The number of nitrogens with zero attached hydrogens (tertiary/aromatic N) is 1. The highest BCUT2D eigenvalue weighted by Gasteiger charge is 2.38. The second kappa shape index (κ2) is 14.6. The number of nitrogens with one attached hydrogen (secondary N) is 4. The zero-order valence-electron chi connectivity index (χ0n) is 24.8. The van der Waals surface area contributed by atoms with Crippen LogP contribution in [0.25, 0.3) is 0 Å². The maximum atomic E-state index is 14.4. The van der Waals surface area contributed by atoms with E-state index in [9.17, 15) is 51.3 Å². The summed E-state index contributed by atoms with van der Waals surface area (Å²) in [5.74, 6) is -16.5. The van der Waals surface area contributed by atoms with Crippen molar-refractivity contribution in [2.75, 3.05) is 0 Å². The highest BCUT2D eigenvalue weighted by Crippen LogP contribution is 2.25. The van der Waals surface area contributed by atoms with Crippen molar-refractivity contribution >= 4 is 23.6 Å². The van der Waals surface area contributed by atoms with E-state index in [0.29, 0.717) is 0 Å². The molecule has 0 spiro atoms. The lowest BCUT2D eigenvalue weighted by Gasteiger charge is -2.34. The molecule has 1 aliphatic heterocycles. The average molecular weight is 644 g/mol. The Morgan fingerprint density at radius 1 is 0.933 bits per heavy atom. The van der Waals surface area contributed by atoms with Gasteiger partial charge in [-0.3, -0.25) is 19.2 Å². The maximum absolute atomic E-state index is 14.4. The summed E-state index contributed by atoms with van der Waals surface area (Å²) in [6.07, 6.45) is -1.96. The third kappa shape index (κ3) is 8.04. The van der Waals surface area contributed by atoms with Gasteiger partial charge in [0, 0.05) is 11.8 Å². The minimum absolute atomic E-state index is 0.107. The van der Waals surface area contributed by atoms with Crippen molar-refractivity contribution in [2.24, 2.45) is 11.8 Å². The van der Waals surface area contributed by atoms with Crippen molar-refractivity contribution in [2.45, 2.75) is 77.2 Å². The van der Waals surface area contributed by atoms with Crippen LogP contribution in [0, 0.1) is 40.9 Å². The Morgan fingerprint density at radius 2 is 1.53 bits per heavy atom. The lowest BCUT2D eigenvalue weighted by Crippen LogP contribution is -2.63. The Hall–Kier alpha value is -4.34. The average Bonchev–Trinajstić information content (AvgIpc) is 2.99. The van der Waals surface area contributed by atoms with Crippen LogP contribution in [-0.4, -0.2) is 69.1 Å². The van der Waals surface area contributed by atoms with Crippen molar-refractivity contribution in [3.63, 3.8) is 0 Å². The summed E-state index contributed by atoms with van der Waals surface area (Å²) < 4.78 is 70.1. The normalized spacial score (nSPS) is 24.6. The number of amides is 4. The number of halogens is 5. The Kier molecular flexibility index (Phi) is 11.4. The van der Waals surface area contributed by atoms with Crippen LogP contribution >= 0.6 is 0 Å². The van der Waals surface area contributed by atoms with Gasteiger partial charge in [0.1, 0.15) is 17.8 Å². The molecule has 6 N–H and O–H groups in total. The standard InChI is InChI=1S/C29H34F5N5O6/c1-11(2)10-16-27(43)36-13(4)23(39-29(45)24-17(40)6-5-9-35-24)28(44)37-15(25(41)12(3)26(42)38-16)8-7-14-18(30)20(32)22(34)21(33)19(14)31/h5-6,9,11-13,15-16,23,25,40-41H,7-8,10H2,1-4H3,(H,36,43)(H,37,44)(H,38,42)(H,39,45)/t12-,13-,15?,16?,23+,25+/m1/s1. The fourth-order valence-electron chi connectivity index (χ4n) is 4.89. The number of rotatable bonds is 7. The van der Waals surface area contributed by atoms with Crippen LogP contribution in [0.2, 0.25) is 0 Å². The largest absolute Gasteiger partial charge is 0.505 e. The van der Waals surface area contributed by atoms with Gasteiger partial charge in [-0.05, 0) is 44.2 Å². The molecule has 11 nitrogen and oxygen atoms in total. The highest BCUT2D eigenvalue weighted by molar-refractivity contribution is 5.98. The highest BCUT2D eigenvalue weighted by atomic mass is 19.2. The molecule has 2 unspecified atom stereocenters. The third-order valence-electron chi connectivity index (χ3n) is 7.45. The molecule has 3 rings (SSSR count). The molecule has 1 fully saturated rings. The van der Waals surface area contributed by atoms with E-state index in [1.54, 1.807) is 13.8 Å². The van der Waals surface area contributed by atoms with Crippen LogP contribution in [0.5, 0.6) is 5.75 Å². The quantitative estimate of drug-likeness (QED) is 0.152. The molecule has 0 saturated carbocycles. The second-order valence-electron chi connectivity index (χ2n) is 11.3. The number of aliphatic hydroxyl groups excluding tert-OH is 1. The summed E-state index contributed by atoms with van der Waals surface area (Å²) in [7, 11) is 0. The summed E-state index contributed by atoms with van der Waals surface area (Å²) in [6, 6.07) is -2.97. The summed E-state index contributed by atoms with van der Waals surface area (Å²) in [5, 5.41) is 31.0.